The topological polar surface area (TPSA) is 46.3 Å². The predicted octanol–water partition coefficient (Wildman–Crippen LogP) is 3.37. The van der Waals surface area contributed by atoms with E-state index in [1.807, 2.05) is 12.1 Å². The molecule has 5 heteroatoms. The van der Waals surface area contributed by atoms with Gasteiger partial charge in [0.1, 0.15) is 5.82 Å². The zero-order valence-corrected chi connectivity index (χ0v) is 12.2. The fourth-order valence-electron chi connectivity index (χ4n) is 2.49. The first-order valence-corrected chi connectivity index (χ1v) is 7.02. The Morgan fingerprint density at radius 1 is 1.25 bits per heavy atom. The van der Waals surface area contributed by atoms with Crippen molar-refractivity contribution in [3.63, 3.8) is 0 Å². The summed E-state index contributed by atoms with van der Waals surface area (Å²) in [5, 5.41) is 0. The highest BCUT2D eigenvalue weighted by atomic mass is 79.9. The number of hydrogen-bond donors (Lipinski definition) is 1. The number of fused-ring (bicyclic) bond motifs is 1. The molecule has 20 heavy (non-hydrogen) atoms. The van der Waals surface area contributed by atoms with Gasteiger partial charge in [0.25, 0.3) is 5.91 Å². The lowest BCUT2D eigenvalue weighted by Gasteiger charge is -2.18. The molecule has 2 N–H and O–H groups in total. The van der Waals surface area contributed by atoms with Crippen molar-refractivity contribution in [1.82, 2.24) is 0 Å². The van der Waals surface area contributed by atoms with Crippen LogP contribution in [-0.4, -0.2) is 12.5 Å². The SMILES string of the molecule is Nc1cccc2c1CCN2C(=O)c1cccc(Br)c1F. The van der Waals surface area contributed by atoms with Crippen LogP contribution in [0.25, 0.3) is 0 Å². The summed E-state index contributed by atoms with van der Waals surface area (Å²) in [7, 11) is 0. The molecule has 2 aromatic rings. The van der Waals surface area contributed by atoms with E-state index < -0.39 is 5.82 Å². The summed E-state index contributed by atoms with van der Waals surface area (Å²) in [4.78, 5) is 14.1. The number of nitrogens with zero attached hydrogens (tertiary/aromatic N) is 1. The summed E-state index contributed by atoms with van der Waals surface area (Å²) in [6, 6.07) is 10.2. The lowest BCUT2D eigenvalue weighted by molar-refractivity contribution is 0.0985. The Labute approximate surface area is 124 Å². The van der Waals surface area contributed by atoms with Crippen molar-refractivity contribution in [2.45, 2.75) is 6.42 Å². The molecule has 3 rings (SSSR count). The second kappa shape index (κ2) is 4.90. The maximum absolute atomic E-state index is 14.0. The minimum atomic E-state index is -0.533. The van der Waals surface area contributed by atoms with Crippen LogP contribution in [-0.2, 0) is 6.42 Å². The zero-order chi connectivity index (χ0) is 14.3. The van der Waals surface area contributed by atoms with Crippen molar-refractivity contribution in [1.29, 1.82) is 0 Å². The van der Waals surface area contributed by atoms with Crippen LogP contribution >= 0.6 is 15.9 Å². The fourth-order valence-corrected chi connectivity index (χ4v) is 2.85. The Bertz CT molecular complexity index is 702. The van der Waals surface area contributed by atoms with Crippen LogP contribution in [0.5, 0.6) is 0 Å². The van der Waals surface area contributed by atoms with E-state index in [9.17, 15) is 9.18 Å². The van der Waals surface area contributed by atoms with Gasteiger partial charge in [0.2, 0.25) is 0 Å². The Hall–Kier alpha value is -1.88. The van der Waals surface area contributed by atoms with Gasteiger partial charge in [0, 0.05) is 23.5 Å². The molecule has 0 aromatic heterocycles. The molecule has 0 saturated heterocycles. The quantitative estimate of drug-likeness (QED) is 0.812. The molecule has 0 bridgehead atoms. The fraction of sp³-hybridized carbons (Fsp3) is 0.133. The molecule has 1 heterocycles. The predicted molar refractivity (Wildman–Crippen MR) is 80.3 cm³/mol. The standard InChI is InChI=1S/C15H12BrFN2O/c16-11-4-1-3-10(14(11)17)15(20)19-8-7-9-12(18)5-2-6-13(9)19/h1-6H,7-8,18H2. The Morgan fingerprint density at radius 2 is 2.00 bits per heavy atom. The van der Waals surface area contributed by atoms with E-state index in [1.54, 1.807) is 23.1 Å². The maximum Gasteiger partial charge on any atom is 0.261 e. The summed E-state index contributed by atoms with van der Waals surface area (Å²) in [5.41, 5.74) is 8.37. The van der Waals surface area contributed by atoms with Crippen LogP contribution in [0.2, 0.25) is 0 Å². The summed E-state index contributed by atoms with van der Waals surface area (Å²) in [6.07, 6.45) is 0.698. The number of carbonyl (C=O) groups excluding carboxylic acids is 1. The number of anilines is 2. The number of hydrogen-bond acceptors (Lipinski definition) is 2. The molecule has 0 atom stereocenters. The largest absolute Gasteiger partial charge is 0.398 e. The average Bonchev–Trinajstić information content (AvgIpc) is 2.86. The van der Waals surface area contributed by atoms with Crippen molar-refractivity contribution in [3.8, 4) is 0 Å². The first-order chi connectivity index (χ1) is 9.59. The molecule has 2 aromatic carbocycles. The Morgan fingerprint density at radius 3 is 2.80 bits per heavy atom. The van der Waals surface area contributed by atoms with Crippen molar-refractivity contribution in [2.75, 3.05) is 17.2 Å². The van der Waals surface area contributed by atoms with Crippen molar-refractivity contribution < 1.29 is 9.18 Å². The Balaban J connectivity index is 2.02. The number of halogens is 2. The van der Waals surface area contributed by atoms with Gasteiger partial charge < -0.3 is 10.6 Å². The number of carbonyl (C=O) groups is 1. The van der Waals surface area contributed by atoms with Gasteiger partial charge in [-0.05, 0) is 46.6 Å². The third kappa shape index (κ3) is 1.98. The number of nitrogen functional groups attached to an aromatic ring is 1. The van der Waals surface area contributed by atoms with Gasteiger partial charge in [0.05, 0.1) is 10.0 Å². The summed E-state index contributed by atoms with van der Waals surface area (Å²) < 4.78 is 14.3. The van der Waals surface area contributed by atoms with Gasteiger partial charge in [-0.15, -0.1) is 0 Å². The third-order valence-electron chi connectivity index (χ3n) is 3.49. The lowest BCUT2D eigenvalue weighted by Crippen LogP contribution is -2.29. The van der Waals surface area contributed by atoms with Gasteiger partial charge in [-0.1, -0.05) is 12.1 Å². The van der Waals surface area contributed by atoms with Crippen molar-refractivity contribution in [3.05, 3.63) is 57.8 Å². The molecule has 0 aliphatic carbocycles. The van der Waals surface area contributed by atoms with Gasteiger partial charge in [-0.3, -0.25) is 4.79 Å². The third-order valence-corrected chi connectivity index (χ3v) is 4.10. The van der Waals surface area contributed by atoms with E-state index in [0.29, 0.717) is 18.7 Å². The number of rotatable bonds is 1. The van der Waals surface area contributed by atoms with Crippen LogP contribution in [0.1, 0.15) is 15.9 Å². The summed E-state index contributed by atoms with van der Waals surface area (Å²) in [6.45, 7) is 0.522. The highest BCUT2D eigenvalue weighted by molar-refractivity contribution is 9.10. The first kappa shape index (κ1) is 13.1. The molecule has 0 saturated carbocycles. The number of amides is 1. The van der Waals surface area contributed by atoms with Gasteiger partial charge in [-0.25, -0.2) is 4.39 Å². The molecular formula is C15H12BrFN2O. The molecular weight excluding hydrogens is 323 g/mol. The summed E-state index contributed by atoms with van der Waals surface area (Å²) in [5.74, 6) is -0.872. The van der Waals surface area contributed by atoms with Crippen molar-refractivity contribution >= 4 is 33.2 Å². The molecule has 1 aliphatic heterocycles. The molecule has 102 valence electrons. The smallest absolute Gasteiger partial charge is 0.261 e. The number of nitrogens with two attached hydrogens (primary N) is 1. The molecule has 1 aliphatic rings. The molecule has 0 radical (unpaired) electrons. The van der Waals surface area contributed by atoms with Crippen LogP contribution in [0.4, 0.5) is 15.8 Å². The normalized spacial score (nSPS) is 13.4. The molecule has 1 amide bonds. The monoisotopic (exact) mass is 334 g/mol. The van der Waals surface area contributed by atoms with E-state index in [1.165, 1.54) is 6.07 Å². The van der Waals surface area contributed by atoms with E-state index in [-0.39, 0.29) is 15.9 Å². The van der Waals surface area contributed by atoms with Crippen LogP contribution in [0, 0.1) is 5.82 Å². The summed E-state index contributed by atoms with van der Waals surface area (Å²) >= 11 is 3.10. The molecule has 0 spiro atoms. The van der Waals surface area contributed by atoms with E-state index in [4.69, 9.17) is 5.73 Å². The van der Waals surface area contributed by atoms with Gasteiger partial charge >= 0.3 is 0 Å². The van der Waals surface area contributed by atoms with Crippen molar-refractivity contribution in [2.24, 2.45) is 0 Å². The highest BCUT2D eigenvalue weighted by Gasteiger charge is 2.28. The van der Waals surface area contributed by atoms with E-state index in [2.05, 4.69) is 15.9 Å². The minimum absolute atomic E-state index is 0.0645. The van der Waals surface area contributed by atoms with Crippen LogP contribution < -0.4 is 10.6 Å². The average molecular weight is 335 g/mol. The molecule has 3 nitrogen and oxygen atoms in total. The van der Waals surface area contributed by atoms with Gasteiger partial charge in [-0.2, -0.15) is 0 Å². The Kier molecular flexibility index (Phi) is 3.22. The lowest BCUT2D eigenvalue weighted by atomic mass is 10.1. The zero-order valence-electron chi connectivity index (χ0n) is 10.6. The number of benzene rings is 2. The second-order valence-corrected chi connectivity index (χ2v) is 5.51. The maximum atomic E-state index is 14.0. The van der Waals surface area contributed by atoms with Crippen LogP contribution in [0.3, 0.4) is 0 Å². The molecule has 0 unspecified atom stereocenters. The van der Waals surface area contributed by atoms with Gasteiger partial charge in [0.15, 0.2) is 0 Å². The second-order valence-electron chi connectivity index (χ2n) is 4.65. The first-order valence-electron chi connectivity index (χ1n) is 6.23. The molecule has 0 fully saturated rings. The van der Waals surface area contributed by atoms with Crippen LogP contribution in [0.15, 0.2) is 40.9 Å². The van der Waals surface area contributed by atoms with E-state index in [0.717, 1.165) is 11.3 Å². The minimum Gasteiger partial charge on any atom is -0.398 e. The van der Waals surface area contributed by atoms with E-state index >= 15 is 0 Å². The highest BCUT2D eigenvalue weighted by Crippen LogP contribution is 2.33.